The van der Waals surface area contributed by atoms with E-state index in [1.807, 2.05) is 24.3 Å². The number of methoxy groups -OCH3 is 1. The summed E-state index contributed by atoms with van der Waals surface area (Å²) in [6.45, 7) is 2.89. The molecule has 0 saturated carbocycles. The van der Waals surface area contributed by atoms with Gasteiger partial charge in [0.25, 0.3) is 0 Å². The molecule has 0 unspecified atom stereocenters. The number of benzene rings is 1. The van der Waals surface area contributed by atoms with Crippen molar-refractivity contribution in [2.24, 2.45) is 0 Å². The number of carbonyl (C=O) groups is 1. The van der Waals surface area contributed by atoms with Crippen LogP contribution >= 0.6 is 0 Å². The fourth-order valence-electron chi connectivity index (χ4n) is 1.65. The van der Waals surface area contributed by atoms with E-state index in [1.165, 1.54) is 0 Å². The molecule has 0 fully saturated rings. The number of rotatable bonds is 7. The van der Waals surface area contributed by atoms with Gasteiger partial charge in [-0.1, -0.05) is 31.5 Å². The van der Waals surface area contributed by atoms with E-state index in [9.17, 15) is 4.79 Å². The summed E-state index contributed by atoms with van der Waals surface area (Å²) in [5.74, 6) is 0.971. The second kappa shape index (κ2) is 7.71. The first kappa shape index (κ1) is 13.6. The highest BCUT2D eigenvalue weighted by molar-refractivity contribution is 5.76. The summed E-state index contributed by atoms with van der Waals surface area (Å²) < 4.78 is 5.24. The van der Waals surface area contributed by atoms with Gasteiger partial charge in [-0.2, -0.15) is 0 Å². The van der Waals surface area contributed by atoms with Crippen LogP contribution in [0.1, 0.15) is 31.7 Å². The zero-order valence-corrected chi connectivity index (χ0v) is 10.7. The highest BCUT2D eigenvalue weighted by atomic mass is 16.5. The average molecular weight is 235 g/mol. The molecule has 0 aromatic heterocycles. The third-order valence-electron chi connectivity index (χ3n) is 2.67. The number of unbranched alkanes of at least 4 members (excludes halogenated alkanes) is 1. The lowest BCUT2D eigenvalue weighted by molar-refractivity contribution is -0.121. The normalized spacial score (nSPS) is 10.0. The highest BCUT2D eigenvalue weighted by Gasteiger charge is 2.05. The predicted molar refractivity (Wildman–Crippen MR) is 69.2 cm³/mol. The molecule has 3 heteroatoms. The lowest BCUT2D eigenvalue weighted by Crippen LogP contribution is -2.24. The van der Waals surface area contributed by atoms with E-state index in [0.29, 0.717) is 6.42 Å². The first-order valence-corrected chi connectivity index (χ1v) is 6.16. The Hall–Kier alpha value is -1.51. The smallest absolute Gasteiger partial charge is 0.220 e. The molecule has 0 atom stereocenters. The molecule has 0 aliphatic heterocycles. The van der Waals surface area contributed by atoms with Crippen LogP contribution in [0.25, 0.3) is 0 Å². The zero-order chi connectivity index (χ0) is 12.5. The summed E-state index contributed by atoms with van der Waals surface area (Å²) in [6, 6.07) is 7.82. The minimum Gasteiger partial charge on any atom is -0.496 e. The Labute approximate surface area is 103 Å². The van der Waals surface area contributed by atoms with Crippen LogP contribution in [0.2, 0.25) is 0 Å². The quantitative estimate of drug-likeness (QED) is 0.738. The molecule has 17 heavy (non-hydrogen) atoms. The minimum atomic E-state index is 0.115. The third-order valence-corrected chi connectivity index (χ3v) is 2.67. The highest BCUT2D eigenvalue weighted by Crippen LogP contribution is 2.18. The Morgan fingerprint density at radius 1 is 1.35 bits per heavy atom. The van der Waals surface area contributed by atoms with E-state index in [-0.39, 0.29) is 5.91 Å². The van der Waals surface area contributed by atoms with E-state index in [2.05, 4.69) is 12.2 Å². The number of hydrogen-bond acceptors (Lipinski definition) is 2. The van der Waals surface area contributed by atoms with E-state index in [4.69, 9.17) is 4.74 Å². The van der Waals surface area contributed by atoms with E-state index < -0.39 is 0 Å². The molecule has 0 aliphatic carbocycles. The first-order chi connectivity index (χ1) is 8.27. The summed E-state index contributed by atoms with van der Waals surface area (Å²) in [6.07, 6.45) is 3.39. The minimum absolute atomic E-state index is 0.115. The Morgan fingerprint density at radius 2 is 2.12 bits per heavy atom. The van der Waals surface area contributed by atoms with Crippen molar-refractivity contribution < 1.29 is 9.53 Å². The SMILES string of the molecule is CCCCNC(=O)CCc1ccccc1OC. The molecule has 0 spiro atoms. The monoisotopic (exact) mass is 235 g/mol. The maximum absolute atomic E-state index is 11.5. The standard InChI is InChI=1S/C14H21NO2/c1-3-4-11-15-14(16)10-9-12-7-5-6-8-13(12)17-2/h5-8H,3-4,9-11H2,1-2H3,(H,15,16). The molecule has 0 radical (unpaired) electrons. The van der Waals surface area contributed by atoms with Crippen LogP contribution in [0.5, 0.6) is 5.75 Å². The number of amides is 1. The van der Waals surface area contributed by atoms with Gasteiger partial charge in [-0.25, -0.2) is 0 Å². The molecular formula is C14H21NO2. The van der Waals surface area contributed by atoms with Gasteiger partial charge in [0.2, 0.25) is 5.91 Å². The van der Waals surface area contributed by atoms with Gasteiger partial charge in [-0.3, -0.25) is 4.79 Å². The fraction of sp³-hybridized carbons (Fsp3) is 0.500. The van der Waals surface area contributed by atoms with Crippen molar-refractivity contribution in [1.82, 2.24) is 5.32 Å². The Bertz CT molecular complexity index is 350. The van der Waals surface area contributed by atoms with Crippen molar-refractivity contribution in [2.45, 2.75) is 32.6 Å². The van der Waals surface area contributed by atoms with Gasteiger partial charge in [0.15, 0.2) is 0 Å². The van der Waals surface area contributed by atoms with Crippen LogP contribution in [0.15, 0.2) is 24.3 Å². The van der Waals surface area contributed by atoms with Crippen LogP contribution in [0.3, 0.4) is 0 Å². The number of para-hydroxylation sites is 1. The molecule has 0 bridgehead atoms. The van der Waals surface area contributed by atoms with Crippen molar-refractivity contribution >= 4 is 5.91 Å². The summed E-state index contributed by atoms with van der Waals surface area (Å²) in [5, 5.41) is 2.91. The maximum Gasteiger partial charge on any atom is 0.220 e. The van der Waals surface area contributed by atoms with Gasteiger partial charge < -0.3 is 10.1 Å². The van der Waals surface area contributed by atoms with Crippen LogP contribution in [-0.2, 0) is 11.2 Å². The number of carbonyl (C=O) groups excluding carboxylic acids is 1. The number of aryl methyl sites for hydroxylation is 1. The maximum atomic E-state index is 11.5. The molecule has 0 saturated heterocycles. The van der Waals surface area contributed by atoms with Crippen molar-refractivity contribution in [3.63, 3.8) is 0 Å². The summed E-state index contributed by atoms with van der Waals surface area (Å²) in [4.78, 5) is 11.5. The molecule has 1 rings (SSSR count). The van der Waals surface area contributed by atoms with Crippen LogP contribution in [0.4, 0.5) is 0 Å². The largest absolute Gasteiger partial charge is 0.496 e. The Kier molecular flexibility index (Phi) is 6.15. The summed E-state index contributed by atoms with van der Waals surface area (Å²) in [5.41, 5.74) is 1.08. The fourth-order valence-corrected chi connectivity index (χ4v) is 1.65. The van der Waals surface area contributed by atoms with Gasteiger partial charge in [-0.05, 0) is 24.5 Å². The second-order valence-electron chi connectivity index (χ2n) is 4.02. The van der Waals surface area contributed by atoms with Gasteiger partial charge in [0, 0.05) is 13.0 Å². The van der Waals surface area contributed by atoms with Gasteiger partial charge >= 0.3 is 0 Å². The van der Waals surface area contributed by atoms with Crippen LogP contribution in [0, 0.1) is 0 Å². The lowest BCUT2D eigenvalue weighted by Gasteiger charge is -2.08. The molecule has 1 aromatic rings. The van der Waals surface area contributed by atoms with Crippen molar-refractivity contribution in [3.05, 3.63) is 29.8 Å². The number of hydrogen-bond donors (Lipinski definition) is 1. The van der Waals surface area contributed by atoms with Gasteiger partial charge in [-0.15, -0.1) is 0 Å². The van der Waals surface area contributed by atoms with Gasteiger partial charge in [0.05, 0.1) is 7.11 Å². The predicted octanol–water partition coefficient (Wildman–Crippen LogP) is 2.54. The Balaban J connectivity index is 2.36. The molecule has 94 valence electrons. The van der Waals surface area contributed by atoms with Crippen molar-refractivity contribution in [1.29, 1.82) is 0 Å². The average Bonchev–Trinajstić information content (AvgIpc) is 2.37. The zero-order valence-electron chi connectivity index (χ0n) is 10.7. The Morgan fingerprint density at radius 3 is 2.82 bits per heavy atom. The number of ether oxygens (including phenoxy) is 1. The molecule has 1 amide bonds. The lowest BCUT2D eigenvalue weighted by atomic mass is 10.1. The van der Waals surface area contributed by atoms with E-state index in [1.54, 1.807) is 7.11 Å². The number of nitrogens with one attached hydrogen (secondary N) is 1. The molecular weight excluding hydrogens is 214 g/mol. The van der Waals surface area contributed by atoms with Crippen molar-refractivity contribution in [3.8, 4) is 5.75 Å². The molecule has 1 N–H and O–H groups in total. The van der Waals surface area contributed by atoms with Crippen molar-refractivity contribution in [2.75, 3.05) is 13.7 Å². The van der Waals surface area contributed by atoms with Crippen LogP contribution < -0.4 is 10.1 Å². The molecule has 0 heterocycles. The van der Waals surface area contributed by atoms with Gasteiger partial charge in [0.1, 0.15) is 5.75 Å². The topological polar surface area (TPSA) is 38.3 Å². The molecule has 0 aliphatic rings. The second-order valence-corrected chi connectivity index (χ2v) is 4.02. The third kappa shape index (κ3) is 4.89. The molecule has 1 aromatic carbocycles. The summed E-state index contributed by atoms with van der Waals surface area (Å²) in [7, 11) is 1.65. The van der Waals surface area contributed by atoms with E-state index >= 15 is 0 Å². The van der Waals surface area contributed by atoms with Crippen LogP contribution in [-0.4, -0.2) is 19.6 Å². The first-order valence-electron chi connectivity index (χ1n) is 6.16. The molecule has 3 nitrogen and oxygen atoms in total. The van der Waals surface area contributed by atoms with E-state index in [0.717, 1.165) is 37.1 Å². The summed E-state index contributed by atoms with van der Waals surface area (Å²) >= 11 is 0.